The molecule has 0 bridgehead atoms. The van der Waals surface area contributed by atoms with E-state index in [1.165, 1.54) is 12.1 Å². The van der Waals surface area contributed by atoms with Crippen LogP contribution in [0.2, 0.25) is 0 Å². The van der Waals surface area contributed by atoms with Gasteiger partial charge in [-0.3, -0.25) is 0 Å². The normalized spacial score (nSPS) is 22.1. The lowest BCUT2D eigenvalue weighted by Crippen LogP contribution is -2.45. The Labute approximate surface area is 94.9 Å². The smallest absolute Gasteiger partial charge is 0.288 e. The molecule has 0 aliphatic carbocycles. The van der Waals surface area contributed by atoms with Gasteiger partial charge in [0.2, 0.25) is 0 Å². The molecule has 0 saturated carbocycles. The Morgan fingerprint density at radius 2 is 1.88 bits per heavy atom. The van der Waals surface area contributed by atoms with Gasteiger partial charge in [-0.2, -0.15) is 8.78 Å². The molecule has 88 valence electrons. The van der Waals surface area contributed by atoms with Gasteiger partial charge in [0.1, 0.15) is 0 Å². The summed E-state index contributed by atoms with van der Waals surface area (Å²) >= 11 is 0. The van der Waals surface area contributed by atoms with Crippen LogP contribution in [-0.2, 0) is 5.92 Å². The molecule has 1 saturated heterocycles. The lowest BCUT2D eigenvalue weighted by atomic mass is 9.93. The van der Waals surface area contributed by atoms with E-state index in [-0.39, 0.29) is 5.56 Å². The molecule has 1 aromatic rings. The van der Waals surface area contributed by atoms with E-state index in [2.05, 4.69) is 5.32 Å². The predicted molar refractivity (Wildman–Crippen MR) is 60.7 cm³/mol. The van der Waals surface area contributed by atoms with Crippen molar-refractivity contribution in [2.24, 2.45) is 0 Å². The Bertz CT molecular complexity index is 339. The highest BCUT2D eigenvalue weighted by Crippen LogP contribution is 2.35. The summed E-state index contributed by atoms with van der Waals surface area (Å²) in [6.07, 6.45) is 2.44. The number of aryl methyl sites for hydroxylation is 1. The van der Waals surface area contributed by atoms with Gasteiger partial charge in [0.25, 0.3) is 5.92 Å². The van der Waals surface area contributed by atoms with Crippen molar-refractivity contribution < 1.29 is 8.78 Å². The van der Waals surface area contributed by atoms with Crippen molar-refractivity contribution in [3.8, 4) is 0 Å². The number of piperidine rings is 1. The van der Waals surface area contributed by atoms with E-state index >= 15 is 0 Å². The van der Waals surface area contributed by atoms with E-state index in [1.807, 2.05) is 6.92 Å². The number of rotatable bonds is 2. The van der Waals surface area contributed by atoms with Gasteiger partial charge in [0.05, 0.1) is 6.04 Å². The van der Waals surface area contributed by atoms with Crippen LogP contribution in [0.1, 0.15) is 30.4 Å². The molecule has 1 atom stereocenters. The maximum Gasteiger partial charge on any atom is 0.288 e. The molecule has 3 heteroatoms. The van der Waals surface area contributed by atoms with Crippen LogP contribution >= 0.6 is 0 Å². The minimum absolute atomic E-state index is 0.123. The van der Waals surface area contributed by atoms with Crippen LogP contribution in [-0.4, -0.2) is 12.6 Å². The molecule has 0 radical (unpaired) electrons. The highest BCUT2D eigenvalue weighted by atomic mass is 19.3. The van der Waals surface area contributed by atoms with E-state index in [0.717, 1.165) is 18.4 Å². The summed E-state index contributed by atoms with van der Waals surface area (Å²) in [5.41, 5.74) is 1.13. The zero-order valence-corrected chi connectivity index (χ0v) is 9.47. The van der Waals surface area contributed by atoms with Crippen LogP contribution in [0.5, 0.6) is 0 Å². The summed E-state index contributed by atoms with van der Waals surface area (Å²) in [5, 5.41) is 2.92. The second kappa shape index (κ2) is 4.50. The fraction of sp³-hybridized carbons (Fsp3) is 0.538. The average molecular weight is 225 g/mol. The highest BCUT2D eigenvalue weighted by Gasteiger charge is 2.41. The monoisotopic (exact) mass is 225 g/mol. The summed E-state index contributed by atoms with van der Waals surface area (Å²) in [7, 11) is 0. The third kappa shape index (κ3) is 2.24. The van der Waals surface area contributed by atoms with E-state index in [0.29, 0.717) is 13.0 Å². The molecule has 1 fully saturated rings. The van der Waals surface area contributed by atoms with Crippen molar-refractivity contribution in [3.63, 3.8) is 0 Å². The Hall–Kier alpha value is -0.960. The molecule has 0 aromatic heterocycles. The highest BCUT2D eigenvalue weighted by molar-refractivity contribution is 5.26. The number of alkyl halides is 2. The predicted octanol–water partition coefficient (Wildman–Crippen LogP) is 3.23. The largest absolute Gasteiger partial charge is 0.308 e. The lowest BCUT2D eigenvalue weighted by Gasteiger charge is -2.31. The quantitative estimate of drug-likeness (QED) is 0.814. The van der Waals surface area contributed by atoms with Crippen molar-refractivity contribution in [1.29, 1.82) is 0 Å². The van der Waals surface area contributed by atoms with Gasteiger partial charge < -0.3 is 5.32 Å². The summed E-state index contributed by atoms with van der Waals surface area (Å²) in [6, 6.07) is 5.85. The lowest BCUT2D eigenvalue weighted by molar-refractivity contribution is -0.0512. The third-order valence-corrected chi connectivity index (χ3v) is 3.18. The van der Waals surface area contributed by atoms with Gasteiger partial charge in [-0.05, 0) is 26.3 Å². The molecule has 2 rings (SSSR count). The molecule has 1 aliphatic heterocycles. The van der Waals surface area contributed by atoms with Crippen molar-refractivity contribution in [2.45, 2.75) is 38.2 Å². The number of nitrogens with one attached hydrogen (secondary N) is 1. The minimum Gasteiger partial charge on any atom is -0.308 e. The second-order valence-corrected chi connectivity index (χ2v) is 4.49. The number of halogens is 2. The van der Waals surface area contributed by atoms with Crippen molar-refractivity contribution in [1.82, 2.24) is 5.32 Å². The molecular weight excluding hydrogens is 208 g/mol. The molecule has 1 unspecified atom stereocenters. The standard InChI is InChI=1S/C13H17F2N/c1-10-5-7-11(8-6-10)13(14,15)12-4-2-3-9-16-12/h5-8,12,16H,2-4,9H2,1H3. The van der Waals surface area contributed by atoms with Gasteiger partial charge in [-0.25, -0.2) is 0 Å². The molecule has 1 N–H and O–H groups in total. The van der Waals surface area contributed by atoms with Crippen molar-refractivity contribution in [2.75, 3.05) is 6.54 Å². The summed E-state index contributed by atoms with van der Waals surface area (Å²) < 4.78 is 28.2. The Morgan fingerprint density at radius 1 is 1.19 bits per heavy atom. The molecule has 0 spiro atoms. The van der Waals surface area contributed by atoms with E-state index < -0.39 is 12.0 Å². The van der Waals surface area contributed by atoms with Gasteiger partial charge in [0.15, 0.2) is 0 Å². The third-order valence-electron chi connectivity index (χ3n) is 3.18. The maximum absolute atomic E-state index is 14.1. The van der Waals surface area contributed by atoms with Crippen LogP contribution in [0.25, 0.3) is 0 Å². The first-order valence-corrected chi connectivity index (χ1v) is 5.79. The fourth-order valence-corrected chi connectivity index (χ4v) is 2.14. The molecule has 1 nitrogen and oxygen atoms in total. The van der Waals surface area contributed by atoms with Gasteiger partial charge in [-0.15, -0.1) is 0 Å². The van der Waals surface area contributed by atoms with E-state index in [4.69, 9.17) is 0 Å². The van der Waals surface area contributed by atoms with Crippen LogP contribution in [0, 0.1) is 6.92 Å². The fourth-order valence-electron chi connectivity index (χ4n) is 2.14. The molecule has 0 amide bonds. The Kier molecular flexibility index (Phi) is 3.24. The molecule has 1 heterocycles. The summed E-state index contributed by atoms with van der Waals surface area (Å²) in [6.45, 7) is 2.60. The summed E-state index contributed by atoms with van der Waals surface area (Å²) in [5.74, 6) is -2.76. The topological polar surface area (TPSA) is 12.0 Å². The van der Waals surface area contributed by atoms with Gasteiger partial charge >= 0.3 is 0 Å². The van der Waals surface area contributed by atoms with Crippen LogP contribution in [0.15, 0.2) is 24.3 Å². The first-order chi connectivity index (χ1) is 7.60. The van der Waals surface area contributed by atoms with Crippen LogP contribution < -0.4 is 5.32 Å². The first kappa shape index (κ1) is 11.5. The van der Waals surface area contributed by atoms with E-state index in [1.54, 1.807) is 12.1 Å². The van der Waals surface area contributed by atoms with Crippen LogP contribution in [0.4, 0.5) is 8.78 Å². The SMILES string of the molecule is Cc1ccc(C(F)(F)C2CCCCN2)cc1. The van der Waals surface area contributed by atoms with Crippen LogP contribution in [0.3, 0.4) is 0 Å². The number of benzene rings is 1. The second-order valence-electron chi connectivity index (χ2n) is 4.49. The Balaban J connectivity index is 2.19. The van der Waals surface area contributed by atoms with Crippen molar-refractivity contribution in [3.05, 3.63) is 35.4 Å². The molecular formula is C13H17F2N. The first-order valence-electron chi connectivity index (χ1n) is 5.79. The average Bonchev–Trinajstić information content (AvgIpc) is 2.31. The molecule has 16 heavy (non-hydrogen) atoms. The van der Waals surface area contributed by atoms with Gasteiger partial charge in [0, 0.05) is 5.56 Å². The van der Waals surface area contributed by atoms with Crippen molar-refractivity contribution >= 4 is 0 Å². The summed E-state index contributed by atoms with van der Waals surface area (Å²) in [4.78, 5) is 0. The molecule has 1 aromatic carbocycles. The minimum atomic E-state index is -2.76. The van der Waals surface area contributed by atoms with E-state index in [9.17, 15) is 8.78 Å². The van der Waals surface area contributed by atoms with Gasteiger partial charge in [-0.1, -0.05) is 36.2 Å². The number of hydrogen-bond acceptors (Lipinski definition) is 1. The molecule has 1 aliphatic rings. The maximum atomic E-state index is 14.1. The zero-order valence-electron chi connectivity index (χ0n) is 9.47. The zero-order chi connectivity index (χ0) is 11.6. The Morgan fingerprint density at radius 3 is 2.44 bits per heavy atom. The number of hydrogen-bond donors (Lipinski definition) is 1.